The molecule has 164 valence electrons. The highest BCUT2D eigenvalue weighted by atomic mass is 16.6. The molecule has 0 bridgehead atoms. The molecule has 0 aliphatic carbocycles. The number of rotatable bonds is 5. The number of aliphatic hydroxyl groups is 1. The summed E-state index contributed by atoms with van der Waals surface area (Å²) in [6.07, 6.45) is 3.51. The summed E-state index contributed by atoms with van der Waals surface area (Å²) in [6, 6.07) is 11.9. The SMILES string of the molecule is Nc1ncnc2c1ccn2[C@H]1C[C@H](O)C(COc2ccc3ccc(N4CCC4)nc3c2)O1. The lowest BCUT2D eigenvalue weighted by Gasteiger charge is -2.32. The van der Waals surface area contributed by atoms with Gasteiger partial charge in [0.25, 0.3) is 0 Å². The Kier molecular flexibility index (Phi) is 4.58. The van der Waals surface area contributed by atoms with Crippen molar-refractivity contribution >= 4 is 33.6 Å². The summed E-state index contributed by atoms with van der Waals surface area (Å²) in [7, 11) is 0. The number of fused-ring (bicyclic) bond motifs is 2. The zero-order valence-corrected chi connectivity index (χ0v) is 17.5. The second-order valence-electron chi connectivity index (χ2n) is 8.33. The number of nitrogen functional groups attached to an aromatic ring is 1. The Labute approximate surface area is 184 Å². The van der Waals surface area contributed by atoms with Gasteiger partial charge in [-0.05, 0) is 36.8 Å². The van der Waals surface area contributed by atoms with Crippen LogP contribution in [0.2, 0.25) is 0 Å². The fourth-order valence-electron chi connectivity index (χ4n) is 4.33. The lowest BCUT2D eigenvalue weighted by atomic mass is 10.1. The zero-order chi connectivity index (χ0) is 21.7. The van der Waals surface area contributed by atoms with Gasteiger partial charge in [0.1, 0.15) is 48.3 Å². The molecule has 4 aromatic rings. The quantitative estimate of drug-likeness (QED) is 0.495. The first-order chi connectivity index (χ1) is 15.7. The number of hydrogen-bond acceptors (Lipinski definition) is 8. The van der Waals surface area contributed by atoms with Crippen LogP contribution < -0.4 is 15.4 Å². The predicted octanol–water partition coefficient (Wildman–Crippen LogP) is 2.50. The average Bonchev–Trinajstić information content (AvgIpc) is 3.35. The van der Waals surface area contributed by atoms with Crippen molar-refractivity contribution < 1.29 is 14.6 Å². The fraction of sp³-hybridized carbons (Fsp3) is 0.348. The van der Waals surface area contributed by atoms with Crippen LogP contribution in [0, 0.1) is 0 Å². The summed E-state index contributed by atoms with van der Waals surface area (Å²) in [4.78, 5) is 15.4. The van der Waals surface area contributed by atoms with E-state index in [1.165, 1.54) is 12.7 Å². The third kappa shape index (κ3) is 3.30. The maximum Gasteiger partial charge on any atom is 0.147 e. The maximum absolute atomic E-state index is 10.6. The molecular formula is C23H24N6O3. The average molecular weight is 432 g/mol. The number of hydrogen-bond donors (Lipinski definition) is 2. The first-order valence-electron chi connectivity index (χ1n) is 10.8. The molecule has 0 saturated carbocycles. The van der Waals surface area contributed by atoms with Crippen LogP contribution in [-0.4, -0.2) is 56.5 Å². The molecule has 2 fully saturated rings. The summed E-state index contributed by atoms with van der Waals surface area (Å²) < 4.78 is 14.0. The number of benzene rings is 1. The van der Waals surface area contributed by atoms with Crippen molar-refractivity contribution in [2.45, 2.75) is 31.3 Å². The van der Waals surface area contributed by atoms with Crippen LogP contribution in [0.25, 0.3) is 21.9 Å². The molecule has 2 aliphatic rings. The van der Waals surface area contributed by atoms with E-state index in [-0.39, 0.29) is 12.8 Å². The second kappa shape index (κ2) is 7.61. The number of pyridine rings is 1. The Hall–Kier alpha value is -3.43. The van der Waals surface area contributed by atoms with E-state index < -0.39 is 12.2 Å². The Bertz CT molecular complexity index is 1290. The van der Waals surface area contributed by atoms with Gasteiger partial charge in [0.05, 0.1) is 17.0 Å². The molecule has 2 saturated heterocycles. The standard InChI is InChI=1S/C23H24N6O3/c24-22-16-6-9-29(23(16)26-13-25-22)21-11-18(30)19(32-21)12-31-15-4-2-14-3-5-20(27-17(14)10-15)28-7-1-8-28/h2-6,9-10,13,18-19,21,30H,1,7-8,11-12H2,(H2,24,25,26)/t18-,19?,21+/m0/s1. The van der Waals surface area contributed by atoms with E-state index in [0.717, 1.165) is 35.2 Å². The monoisotopic (exact) mass is 432 g/mol. The number of ether oxygens (including phenoxy) is 2. The highest BCUT2D eigenvalue weighted by Gasteiger charge is 2.36. The summed E-state index contributed by atoms with van der Waals surface area (Å²) in [5.41, 5.74) is 7.52. The van der Waals surface area contributed by atoms with Crippen LogP contribution in [0.15, 0.2) is 48.9 Å². The number of anilines is 2. The summed E-state index contributed by atoms with van der Waals surface area (Å²) >= 11 is 0. The van der Waals surface area contributed by atoms with Gasteiger partial charge in [0.15, 0.2) is 0 Å². The number of nitrogens with two attached hydrogens (primary N) is 1. The number of aromatic nitrogens is 4. The first kappa shape index (κ1) is 19.3. The molecule has 0 amide bonds. The number of aliphatic hydroxyl groups excluding tert-OH is 1. The lowest BCUT2D eigenvalue weighted by Crippen LogP contribution is -2.37. The van der Waals surface area contributed by atoms with Gasteiger partial charge in [-0.1, -0.05) is 0 Å². The molecule has 1 unspecified atom stereocenters. The molecule has 3 atom stereocenters. The van der Waals surface area contributed by atoms with E-state index in [1.54, 1.807) is 0 Å². The van der Waals surface area contributed by atoms with Crippen LogP contribution in [0.1, 0.15) is 19.1 Å². The van der Waals surface area contributed by atoms with E-state index >= 15 is 0 Å². The third-order valence-corrected chi connectivity index (χ3v) is 6.30. The van der Waals surface area contributed by atoms with E-state index in [9.17, 15) is 5.11 Å². The lowest BCUT2D eigenvalue weighted by molar-refractivity contribution is -0.0379. The van der Waals surface area contributed by atoms with Gasteiger partial charge in [0, 0.05) is 37.2 Å². The predicted molar refractivity (Wildman–Crippen MR) is 121 cm³/mol. The van der Waals surface area contributed by atoms with Crippen LogP contribution in [0.5, 0.6) is 5.75 Å². The van der Waals surface area contributed by atoms with Crippen molar-refractivity contribution in [2.24, 2.45) is 0 Å². The zero-order valence-electron chi connectivity index (χ0n) is 17.5. The van der Waals surface area contributed by atoms with E-state index in [4.69, 9.17) is 20.2 Å². The van der Waals surface area contributed by atoms with Crippen molar-refractivity contribution in [3.05, 3.63) is 48.9 Å². The normalized spacial score (nSPS) is 23.0. The fourth-order valence-corrected chi connectivity index (χ4v) is 4.33. The van der Waals surface area contributed by atoms with Crippen molar-refractivity contribution in [2.75, 3.05) is 30.3 Å². The Balaban J connectivity index is 1.16. The van der Waals surface area contributed by atoms with Gasteiger partial charge in [0.2, 0.25) is 0 Å². The maximum atomic E-state index is 10.6. The van der Waals surface area contributed by atoms with Crippen molar-refractivity contribution in [3.8, 4) is 5.75 Å². The molecule has 3 aromatic heterocycles. The molecule has 0 radical (unpaired) electrons. The topological polar surface area (TPSA) is 112 Å². The molecular weight excluding hydrogens is 408 g/mol. The highest BCUT2D eigenvalue weighted by molar-refractivity contribution is 5.86. The third-order valence-electron chi connectivity index (χ3n) is 6.30. The van der Waals surface area contributed by atoms with Gasteiger partial charge in [-0.15, -0.1) is 0 Å². The Morgan fingerprint density at radius 1 is 1.16 bits per heavy atom. The van der Waals surface area contributed by atoms with Crippen molar-refractivity contribution in [1.82, 2.24) is 19.5 Å². The van der Waals surface area contributed by atoms with Crippen molar-refractivity contribution in [1.29, 1.82) is 0 Å². The van der Waals surface area contributed by atoms with Crippen molar-refractivity contribution in [3.63, 3.8) is 0 Å². The van der Waals surface area contributed by atoms with E-state index in [1.807, 2.05) is 35.0 Å². The van der Waals surface area contributed by atoms with Crippen LogP contribution >= 0.6 is 0 Å². The Morgan fingerprint density at radius 3 is 2.88 bits per heavy atom. The molecule has 9 heteroatoms. The largest absolute Gasteiger partial charge is 0.491 e. The van der Waals surface area contributed by atoms with Gasteiger partial charge in [-0.25, -0.2) is 15.0 Å². The minimum Gasteiger partial charge on any atom is -0.491 e. The van der Waals surface area contributed by atoms with Crippen LogP contribution in [0.3, 0.4) is 0 Å². The minimum atomic E-state index is -0.645. The molecule has 9 nitrogen and oxygen atoms in total. The molecule has 1 aromatic carbocycles. The molecule has 6 rings (SSSR count). The van der Waals surface area contributed by atoms with Crippen LogP contribution in [0.4, 0.5) is 11.6 Å². The first-order valence-corrected chi connectivity index (χ1v) is 10.8. The van der Waals surface area contributed by atoms with E-state index in [2.05, 4.69) is 27.0 Å². The summed E-state index contributed by atoms with van der Waals surface area (Å²) in [5, 5.41) is 12.4. The number of nitrogens with zero attached hydrogens (tertiary/aromatic N) is 5. The van der Waals surface area contributed by atoms with Crippen LogP contribution in [-0.2, 0) is 4.74 Å². The molecule has 32 heavy (non-hydrogen) atoms. The highest BCUT2D eigenvalue weighted by Crippen LogP contribution is 2.33. The minimum absolute atomic E-state index is 0.241. The van der Waals surface area contributed by atoms with Gasteiger partial charge >= 0.3 is 0 Å². The molecule has 5 heterocycles. The molecule has 3 N–H and O–H groups in total. The summed E-state index contributed by atoms with van der Waals surface area (Å²) in [5.74, 6) is 2.13. The van der Waals surface area contributed by atoms with E-state index in [0.29, 0.717) is 23.6 Å². The molecule has 2 aliphatic heterocycles. The Morgan fingerprint density at radius 2 is 2.03 bits per heavy atom. The molecule has 0 spiro atoms. The second-order valence-corrected chi connectivity index (χ2v) is 8.33. The summed E-state index contributed by atoms with van der Waals surface area (Å²) in [6.45, 7) is 2.36. The van der Waals surface area contributed by atoms with Gasteiger partial charge < -0.3 is 29.8 Å². The van der Waals surface area contributed by atoms with Gasteiger partial charge in [-0.3, -0.25) is 0 Å². The smallest absolute Gasteiger partial charge is 0.147 e. The van der Waals surface area contributed by atoms with Gasteiger partial charge in [-0.2, -0.15) is 0 Å².